The first kappa shape index (κ1) is 12.5. The average Bonchev–Trinajstić information content (AvgIpc) is 2.48. The van der Waals surface area contributed by atoms with Crippen molar-refractivity contribution >= 4 is 16.5 Å². The first-order valence-corrected chi connectivity index (χ1v) is 6.38. The van der Waals surface area contributed by atoms with Crippen molar-refractivity contribution in [2.75, 3.05) is 5.73 Å². The number of ether oxygens (including phenoxy) is 1. The molecule has 0 unspecified atom stereocenters. The lowest BCUT2D eigenvalue weighted by molar-refractivity contribution is 0.310. The van der Waals surface area contributed by atoms with Gasteiger partial charge in [-0.25, -0.2) is 4.39 Å². The van der Waals surface area contributed by atoms with Crippen LogP contribution >= 0.6 is 0 Å². The molecule has 0 aliphatic heterocycles. The first-order chi connectivity index (χ1) is 9.74. The Balaban J connectivity index is 1.89. The van der Waals surface area contributed by atoms with Crippen LogP contribution in [0, 0.1) is 5.82 Å². The summed E-state index contributed by atoms with van der Waals surface area (Å²) in [6.45, 7) is 0.248. The van der Waals surface area contributed by atoms with Crippen molar-refractivity contribution in [3.8, 4) is 5.75 Å². The van der Waals surface area contributed by atoms with E-state index >= 15 is 0 Å². The van der Waals surface area contributed by atoms with E-state index in [1.54, 1.807) is 6.07 Å². The van der Waals surface area contributed by atoms with Crippen LogP contribution in [0.4, 0.5) is 10.1 Å². The van der Waals surface area contributed by atoms with Gasteiger partial charge in [-0.05, 0) is 29.7 Å². The summed E-state index contributed by atoms with van der Waals surface area (Å²) in [6.07, 6.45) is 0. The second kappa shape index (κ2) is 5.21. The van der Waals surface area contributed by atoms with Crippen LogP contribution in [0.5, 0.6) is 5.75 Å². The minimum absolute atomic E-state index is 0.248. The number of benzene rings is 3. The van der Waals surface area contributed by atoms with Crippen molar-refractivity contribution < 1.29 is 9.13 Å². The van der Waals surface area contributed by atoms with Crippen molar-refractivity contribution in [2.24, 2.45) is 0 Å². The summed E-state index contributed by atoms with van der Waals surface area (Å²) in [6, 6.07) is 18.1. The van der Waals surface area contributed by atoms with Crippen LogP contribution in [0.2, 0.25) is 0 Å². The molecule has 2 nitrogen and oxygen atoms in total. The number of anilines is 1. The highest BCUT2D eigenvalue weighted by Gasteiger charge is 2.05. The van der Waals surface area contributed by atoms with E-state index in [9.17, 15) is 4.39 Å². The van der Waals surface area contributed by atoms with Gasteiger partial charge in [0.05, 0.1) is 0 Å². The highest BCUT2D eigenvalue weighted by Crippen LogP contribution is 2.26. The maximum absolute atomic E-state index is 13.2. The second-order valence-corrected chi connectivity index (χ2v) is 4.61. The third-order valence-electron chi connectivity index (χ3n) is 3.24. The molecule has 0 amide bonds. The van der Waals surface area contributed by atoms with Crippen LogP contribution in [0.15, 0.2) is 60.7 Å². The number of hydrogen-bond acceptors (Lipinski definition) is 2. The fourth-order valence-corrected chi connectivity index (χ4v) is 2.18. The monoisotopic (exact) mass is 267 g/mol. The molecular formula is C17H14FNO. The van der Waals surface area contributed by atoms with E-state index in [2.05, 4.69) is 0 Å². The van der Waals surface area contributed by atoms with E-state index in [1.165, 1.54) is 12.1 Å². The van der Waals surface area contributed by atoms with Gasteiger partial charge in [-0.2, -0.15) is 0 Å². The Morgan fingerprint density at radius 2 is 1.75 bits per heavy atom. The highest BCUT2D eigenvalue weighted by molar-refractivity contribution is 5.88. The van der Waals surface area contributed by atoms with Crippen LogP contribution in [-0.4, -0.2) is 0 Å². The van der Waals surface area contributed by atoms with E-state index in [0.717, 1.165) is 16.5 Å². The number of fused-ring (bicyclic) bond motifs is 1. The van der Waals surface area contributed by atoms with E-state index in [4.69, 9.17) is 10.5 Å². The predicted molar refractivity (Wildman–Crippen MR) is 79.1 cm³/mol. The van der Waals surface area contributed by atoms with Crippen LogP contribution in [-0.2, 0) is 6.61 Å². The Bertz CT molecular complexity index is 750. The molecule has 0 saturated heterocycles. The molecule has 3 rings (SSSR count). The van der Waals surface area contributed by atoms with Gasteiger partial charge in [0.1, 0.15) is 18.2 Å². The summed E-state index contributed by atoms with van der Waals surface area (Å²) in [5.74, 6) is 0.461. The molecule has 20 heavy (non-hydrogen) atoms. The number of halogens is 1. The zero-order valence-corrected chi connectivity index (χ0v) is 10.8. The third-order valence-corrected chi connectivity index (χ3v) is 3.24. The molecule has 0 bridgehead atoms. The van der Waals surface area contributed by atoms with Crippen LogP contribution in [0.1, 0.15) is 5.56 Å². The maximum Gasteiger partial charge on any atom is 0.127 e. The molecule has 3 aromatic rings. The van der Waals surface area contributed by atoms with Gasteiger partial charge in [0.25, 0.3) is 0 Å². The molecule has 0 radical (unpaired) electrons. The molecule has 100 valence electrons. The molecule has 2 N–H and O–H groups in total. The Hall–Kier alpha value is -2.55. The molecule has 0 atom stereocenters. The van der Waals surface area contributed by atoms with E-state index in [-0.39, 0.29) is 12.4 Å². The number of hydrogen-bond donors (Lipinski definition) is 1. The summed E-state index contributed by atoms with van der Waals surface area (Å²) in [7, 11) is 0. The lowest BCUT2D eigenvalue weighted by Gasteiger charge is -2.11. The molecule has 0 aliphatic carbocycles. The van der Waals surface area contributed by atoms with Gasteiger partial charge in [-0.1, -0.05) is 36.4 Å². The largest absolute Gasteiger partial charge is 0.488 e. The van der Waals surface area contributed by atoms with E-state index < -0.39 is 0 Å². The van der Waals surface area contributed by atoms with Gasteiger partial charge in [0.2, 0.25) is 0 Å². The smallest absolute Gasteiger partial charge is 0.127 e. The van der Waals surface area contributed by atoms with Crippen LogP contribution in [0.3, 0.4) is 0 Å². The zero-order valence-electron chi connectivity index (χ0n) is 10.8. The lowest BCUT2D eigenvalue weighted by Crippen LogP contribution is -2.01. The lowest BCUT2D eigenvalue weighted by atomic mass is 10.1. The fraction of sp³-hybridized carbons (Fsp3) is 0.0588. The average molecular weight is 267 g/mol. The Morgan fingerprint density at radius 1 is 0.950 bits per heavy atom. The number of rotatable bonds is 3. The molecule has 0 aromatic heterocycles. The first-order valence-electron chi connectivity index (χ1n) is 6.38. The summed E-state index contributed by atoms with van der Waals surface area (Å²) >= 11 is 0. The molecule has 0 heterocycles. The van der Waals surface area contributed by atoms with Gasteiger partial charge >= 0.3 is 0 Å². The molecular weight excluding hydrogens is 253 g/mol. The minimum atomic E-state index is -0.310. The third kappa shape index (κ3) is 2.43. The number of nitrogen functional groups attached to an aromatic ring is 1. The van der Waals surface area contributed by atoms with Crippen molar-refractivity contribution in [3.63, 3.8) is 0 Å². The van der Waals surface area contributed by atoms with Gasteiger partial charge in [-0.15, -0.1) is 0 Å². The van der Waals surface area contributed by atoms with Gasteiger partial charge in [-0.3, -0.25) is 0 Å². The predicted octanol–water partition coefficient (Wildman–Crippen LogP) is 4.14. The zero-order chi connectivity index (χ0) is 13.9. The topological polar surface area (TPSA) is 35.2 Å². The Labute approximate surface area is 116 Å². The minimum Gasteiger partial charge on any atom is -0.488 e. The Morgan fingerprint density at radius 3 is 2.65 bits per heavy atom. The van der Waals surface area contributed by atoms with Crippen LogP contribution < -0.4 is 10.5 Å². The second-order valence-electron chi connectivity index (χ2n) is 4.61. The standard InChI is InChI=1S/C17H14FNO/c18-14-8-9-16(19)13(10-14)11-20-17-7-3-5-12-4-1-2-6-15(12)17/h1-10H,11,19H2. The van der Waals surface area contributed by atoms with Gasteiger partial charge in [0, 0.05) is 16.6 Å². The van der Waals surface area contributed by atoms with Crippen molar-refractivity contribution in [3.05, 3.63) is 72.0 Å². The number of nitrogens with two attached hydrogens (primary N) is 1. The summed E-state index contributed by atoms with van der Waals surface area (Å²) in [5, 5.41) is 2.14. The van der Waals surface area contributed by atoms with Crippen LogP contribution in [0.25, 0.3) is 10.8 Å². The van der Waals surface area contributed by atoms with E-state index in [1.807, 2.05) is 42.5 Å². The summed E-state index contributed by atoms with van der Waals surface area (Å²) < 4.78 is 19.0. The highest BCUT2D eigenvalue weighted by atomic mass is 19.1. The fourth-order valence-electron chi connectivity index (χ4n) is 2.18. The molecule has 3 heteroatoms. The molecule has 3 aromatic carbocycles. The van der Waals surface area contributed by atoms with Gasteiger partial charge in [0.15, 0.2) is 0 Å². The van der Waals surface area contributed by atoms with E-state index in [0.29, 0.717) is 11.3 Å². The quantitative estimate of drug-likeness (QED) is 0.724. The van der Waals surface area contributed by atoms with Crippen molar-refractivity contribution in [2.45, 2.75) is 6.61 Å². The Kier molecular flexibility index (Phi) is 3.25. The molecule has 0 saturated carbocycles. The normalized spacial score (nSPS) is 10.7. The SMILES string of the molecule is Nc1ccc(F)cc1COc1cccc2ccccc12. The summed E-state index contributed by atoms with van der Waals surface area (Å²) in [5.41, 5.74) is 7.00. The maximum atomic E-state index is 13.2. The molecule has 0 fully saturated rings. The molecule has 0 spiro atoms. The van der Waals surface area contributed by atoms with Gasteiger partial charge < -0.3 is 10.5 Å². The molecule has 0 aliphatic rings. The summed E-state index contributed by atoms with van der Waals surface area (Å²) in [4.78, 5) is 0. The van der Waals surface area contributed by atoms with Crippen molar-refractivity contribution in [1.82, 2.24) is 0 Å². The van der Waals surface area contributed by atoms with Crippen molar-refractivity contribution in [1.29, 1.82) is 0 Å².